The van der Waals surface area contributed by atoms with E-state index in [1.165, 1.54) is 7.11 Å². The van der Waals surface area contributed by atoms with Crippen molar-refractivity contribution >= 4 is 29.3 Å². The van der Waals surface area contributed by atoms with Gasteiger partial charge in [-0.25, -0.2) is 0 Å². The van der Waals surface area contributed by atoms with E-state index in [0.717, 1.165) is 5.52 Å². The summed E-state index contributed by atoms with van der Waals surface area (Å²) in [6, 6.07) is 5.55. The van der Waals surface area contributed by atoms with Crippen molar-refractivity contribution in [3.63, 3.8) is 0 Å². The van der Waals surface area contributed by atoms with E-state index in [-0.39, 0.29) is 32.8 Å². The van der Waals surface area contributed by atoms with Gasteiger partial charge in [-0.2, -0.15) is 0 Å². The van der Waals surface area contributed by atoms with Crippen LogP contribution in [0.5, 0.6) is 5.75 Å². The smallest absolute Gasteiger partial charge is 1.00 e. The molecule has 2 N–H and O–H groups in total. The van der Waals surface area contributed by atoms with Gasteiger partial charge in [0.25, 0.3) is 0 Å². The van der Waals surface area contributed by atoms with Crippen LogP contribution in [0, 0.1) is 6.92 Å². The van der Waals surface area contributed by atoms with Crippen molar-refractivity contribution < 1.29 is 22.5 Å². The minimum atomic E-state index is -0.130. The first-order valence-corrected chi connectivity index (χ1v) is 5.70. The quantitative estimate of drug-likeness (QED) is 0.547. The van der Waals surface area contributed by atoms with Crippen molar-refractivity contribution in [1.29, 1.82) is 0 Å². The number of aryl methyl sites for hydroxylation is 1. The normalized spacial score (nSPS) is 9.75. The molecule has 4 heteroatoms. The summed E-state index contributed by atoms with van der Waals surface area (Å²) >= 11 is -0.130. The molecule has 1 aromatic carbocycles. The molecule has 0 radical (unpaired) electrons. The number of aromatic nitrogens is 1. The summed E-state index contributed by atoms with van der Waals surface area (Å²) in [5.74, 6) is 0.346. The van der Waals surface area contributed by atoms with Crippen LogP contribution in [0.4, 0.5) is 0 Å². The van der Waals surface area contributed by atoms with Gasteiger partial charge in [0, 0.05) is 0 Å². The maximum absolute atomic E-state index is 9.15. The molecule has 0 unspecified atom stereocenters. The van der Waals surface area contributed by atoms with E-state index in [9.17, 15) is 0 Å². The third kappa shape index (κ3) is 1.74. The van der Waals surface area contributed by atoms with Gasteiger partial charge in [0.1, 0.15) is 0 Å². The van der Waals surface area contributed by atoms with Gasteiger partial charge >= 0.3 is 74.0 Å². The van der Waals surface area contributed by atoms with Gasteiger partial charge in [-0.05, 0) is 0 Å². The first-order valence-electron chi connectivity index (χ1n) is 3.37. The fourth-order valence-electron chi connectivity index (χ4n) is 1.08. The van der Waals surface area contributed by atoms with Gasteiger partial charge < -0.3 is 12.4 Å². The van der Waals surface area contributed by atoms with Crippen LogP contribution in [0.2, 0.25) is 0 Å². The first kappa shape index (κ1) is 9.85. The Bertz CT molecular complexity index is 399. The Balaban J connectivity index is 0.000000720. The van der Waals surface area contributed by atoms with Crippen LogP contribution in [0.25, 0.3) is 8.92 Å². The Labute approximate surface area is 86.3 Å². The average Bonchev–Trinajstić information content (AvgIpc) is 2.27. The van der Waals surface area contributed by atoms with Crippen molar-refractivity contribution in [3.05, 3.63) is 21.9 Å². The van der Waals surface area contributed by atoms with E-state index in [1.807, 2.05) is 6.07 Å². The zero-order chi connectivity index (χ0) is 7.84. The van der Waals surface area contributed by atoms with Crippen molar-refractivity contribution in [2.24, 2.45) is 0 Å². The summed E-state index contributed by atoms with van der Waals surface area (Å²) in [5.41, 5.74) is 1.10. The predicted molar refractivity (Wildman–Crippen MR) is 43.8 cm³/mol. The third-order valence-corrected chi connectivity index (χ3v) is 4.35. The van der Waals surface area contributed by atoms with Crippen LogP contribution in [-0.4, -0.2) is 25.5 Å². The van der Waals surface area contributed by atoms with E-state index >= 15 is 0 Å². The molecule has 0 amide bonds. The summed E-state index contributed by atoms with van der Waals surface area (Å²) < 4.78 is 2.77. The summed E-state index contributed by atoms with van der Waals surface area (Å²) in [5, 5.41) is 9.15. The van der Waals surface area contributed by atoms with Gasteiger partial charge in [-0.3, -0.25) is 0 Å². The number of nitrogens with one attached hydrogen (secondary N) is 1. The number of benzene rings is 1. The second-order valence-corrected chi connectivity index (χ2v) is 6.05. The number of phenolic OH excluding ortho intramolecular Hbond substituents is 1. The van der Waals surface area contributed by atoms with Crippen LogP contribution in [0.15, 0.2) is 18.2 Å². The summed E-state index contributed by atoms with van der Waals surface area (Å²) in [4.78, 5) is 3.25. The predicted octanol–water partition coefficient (Wildman–Crippen LogP) is -2.27. The number of hydrogen-bond acceptors (Lipinski definition) is 1. The molecular weight excluding hydrogens is 289 g/mol. The van der Waals surface area contributed by atoms with E-state index in [4.69, 9.17) is 5.11 Å². The molecule has 12 heavy (non-hydrogen) atoms. The minimum absolute atomic E-state index is 0. The van der Waals surface area contributed by atoms with Crippen LogP contribution in [0.1, 0.15) is 3.71 Å². The first-order chi connectivity index (χ1) is 5.25. The third-order valence-electron chi connectivity index (χ3n) is 1.54. The molecule has 0 atom stereocenters. The molecule has 0 aliphatic carbocycles. The van der Waals surface area contributed by atoms with Gasteiger partial charge in [0.05, 0.1) is 0 Å². The van der Waals surface area contributed by atoms with Crippen molar-refractivity contribution in [1.82, 2.24) is 0 Å². The molecule has 1 aromatic heterocycles. The summed E-state index contributed by atoms with van der Waals surface area (Å²) in [6.45, 7) is 2.11. The Morgan fingerprint density at radius 3 is 2.92 bits per heavy atom. The molecule has 0 aliphatic heterocycles. The number of H-pyrrole nitrogens is 1. The summed E-state index contributed by atoms with van der Waals surface area (Å²) in [7, 11) is 0. The zero-order valence-electron chi connectivity index (χ0n) is 6.47. The Hall–Kier alpha value is -0.230. The molecule has 1 heterocycles. The number of phenols is 1. The van der Waals surface area contributed by atoms with Crippen LogP contribution in [0.3, 0.4) is 0 Å². The van der Waals surface area contributed by atoms with Crippen molar-refractivity contribution in [2.45, 2.75) is 6.92 Å². The van der Waals surface area contributed by atoms with E-state index in [2.05, 4.69) is 11.9 Å². The molecule has 0 saturated heterocycles. The SMILES string of the molecule is Cc1[nH+]c2cc(O)ccc2[te]1.[Cl-]. The number of halogens is 1. The van der Waals surface area contributed by atoms with Gasteiger partial charge in [-0.1, -0.05) is 0 Å². The van der Waals surface area contributed by atoms with Crippen LogP contribution >= 0.6 is 0 Å². The molecule has 2 rings (SSSR count). The Morgan fingerprint density at radius 2 is 2.17 bits per heavy atom. The number of aromatic hydroxyl groups is 1. The average molecular weight is 297 g/mol. The second kappa shape index (κ2) is 3.66. The molecule has 64 valence electrons. The Morgan fingerprint density at radius 1 is 1.42 bits per heavy atom. The van der Waals surface area contributed by atoms with E-state index in [0.29, 0.717) is 5.75 Å². The molecule has 0 fully saturated rings. The largest absolute Gasteiger partial charge is 1.00 e. The molecule has 0 saturated carbocycles. The van der Waals surface area contributed by atoms with Gasteiger partial charge in [-0.15, -0.1) is 0 Å². The minimum Gasteiger partial charge on any atom is -1.00 e. The van der Waals surface area contributed by atoms with Crippen LogP contribution < -0.4 is 17.4 Å². The fraction of sp³-hybridized carbons (Fsp3) is 0.125. The second-order valence-electron chi connectivity index (χ2n) is 2.46. The molecule has 2 nitrogen and oxygen atoms in total. The number of fused-ring (bicyclic) bond motifs is 1. The number of rotatable bonds is 0. The fourth-order valence-corrected chi connectivity index (χ4v) is 3.50. The zero-order valence-corrected chi connectivity index (χ0v) is 9.55. The number of aromatic amines is 1. The maximum Gasteiger partial charge on any atom is -1.00 e. The molecule has 2 aromatic rings. The van der Waals surface area contributed by atoms with Gasteiger partial charge in [0.2, 0.25) is 0 Å². The molecule has 0 aliphatic rings. The topological polar surface area (TPSA) is 34.4 Å². The monoisotopic (exact) mass is 299 g/mol. The van der Waals surface area contributed by atoms with E-state index in [1.54, 1.807) is 12.1 Å². The standard InChI is InChI=1S/C8H7NOTe.ClH/c1-5-9-7-4-6(10)2-3-8(7)11-5;/h2-4,10H,1H3;1H. The summed E-state index contributed by atoms with van der Waals surface area (Å²) in [6.07, 6.45) is 0. The maximum atomic E-state index is 9.15. The molecule has 0 spiro atoms. The Kier molecular flexibility index (Phi) is 3.00. The van der Waals surface area contributed by atoms with Crippen LogP contribution in [-0.2, 0) is 0 Å². The van der Waals surface area contributed by atoms with Crippen molar-refractivity contribution in [2.75, 3.05) is 0 Å². The van der Waals surface area contributed by atoms with Gasteiger partial charge in [0.15, 0.2) is 0 Å². The number of hydrogen-bond donors (Lipinski definition) is 1. The van der Waals surface area contributed by atoms with Crippen molar-refractivity contribution in [3.8, 4) is 5.75 Å². The van der Waals surface area contributed by atoms with E-state index < -0.39 is 0 Å². The molecular formula is C8H8ClNOTe. The molecule has 0 bridgehead atoms.